The quantitative estimate of drug-likeness (QED) is 0.485. The van der Waals surface area contributed by atoms with Crippen LogP contribution in [0.3, 0.4) is 0 Å². The number of nitrogens with zero attached hydrogens (tertiary/aromatic N) is 3. The lowest BCUT2D eigenvalue weighted by atomic mass is 9.97. The Balaban J connectivity index is 1.38. The van der Waals surface area contributed by atoms with E-state index in [9.17, 15) is 9.59 Å². The van der Waals surface area contributed by atoms with Crippen molar-refractivity contribution in [2.75, 3.05) is 54.0 Å². The van der Waals surface area contributed by atoms with E-state index in [0.717, 1.165) is 11.1 Å². The van der Waals surface area contributed by atoms with Gasteiger partial charge in [-0.25, -0.2) is 0 Å². The number of amides is 2. The van der Waals surface area contributed by atoms with Crippen molar-refractivity contribution in [2.45, 2.75) is 6.04 Å². The van der Waals surface area contributed by atoms with Crippen molar-refractivity contribution in [3.63, 3.8) is 0 Å². The molecule has 0 aromatic heterocycles. The second-order valence-corrected chi connectivity index (χ2v) is 8.87. The zero-order chi connectivity index (χ0) is 25.5. The van der Waals surface area contributed by atoms with Gasteiger partial charge >= 0.3 is 0 Å². The molecule has 0 saturated carbocycles. The number of likely N-dealkylation sites (N-methyl/N-ethyl adjacent to an activating group) is 1. The Bertz CT molecular complexity index is 1120. The summed E-state index contributed by atoms with van der Waals surface area (Å²) in [6.07, 6.45) is 0. The predicted octanol–water partition coefficient (Wildman–Crippen LogP) is 3.71. The van der Waals surface area contributed by atoms with Crippen LogP contribution in [0.25, 0.3) is 0 Å². The number of benzene rings is 3. The lowest BCUT2D eigenvalue weighted by Gasteiger charge is -2.36. The molecule has 3 aromatic carbocycles. The molecule has 1 fully saturated rings. The number of ether oxygens (including phenoxy) is 2. The Morgan fingerprint density at radius 1 is 0.806 bits per heavy atom. The largest absolute Gasteiger partial charge is 0.493 e. The number of piperazine rings is 1. The average molecular weight is 488 g/mol. The molecule has 0 unspecified atom stereocenters. The molecule has 4 rings (SSSR count). The molecule has 1 heterocycles. The highest BCUT2D eigenvalue weighted by Crippen LogP contribution is 2.29. The Hall–Kier alpha value is -3.84. The second-order valence-electron chi connectivity index (χ2n) is 8.87. The van der Waals surface area contributed by atoms with E-state index in [-0.39, 0.29) is 17.9 Å². The third-order valence-electron chi connectivity index (χ3n) is 6.66. The fourth-order valence-corrected chi connectivity index (χ4v) is 4.62. The van der Waals surface area contributed by atoms with E-state index >= 15 is 0 Å². The molecule has 188 valence electrons. The van der Waals surface area contributed by atoms with E-state index in [1.165, 1.54) is 0 Å². The molecule has 1 aliphatic heterocycles. The zero-order valence-electron chi connectivity index (χ0n) is 21.1. The molecule has 1 aliphatic rings. The molecule has 0 atom stereocenters. The van der Waals surface area contributed by atoms with E-state index in [2.05, 4.69) is 29.2 Å². The fourth-order valence-electron chi connectivity index (χ4n) is 4.62. The maximum Gasteiger partial charge on any atom is 0.254 e. The van der Waals surface area contributed by atoms with Gasteiger partial charge in [0.2, 0.25) is 5.91 Å². The Labute approximate surface area is 212 Å². The van der Waals surface area contributed by atoms with Crippen molar-refractivity contribution in [1.29, 1.82) is 0 Å². The maximum absolute atomic E-state index is 13.3. The predicted molar refractivity (Wildman–Crippen MR) is 139 cm³/mol. The highest BCUT2D eigenvalue weighted by Gasteiger charge is 2.28. The van der Waals surface area contributed by atoms with Crippen LogP contribution in [-0.2, 0) is 4.79 Å². The van der Waals surface area contributed by atoms with E-state index in [1.54, 1.807) is 32.4 Å². The van der Waals surface area contributed by atoms with Gasteiger partial charge in [-0.2, -0.15) is 0 Å². The molecular formula is C29H33N3O4. The van der Waals surface area contributed by atoms with Crippen LogP contribution in [0.15, 0.2) is 78.9 Å². The highest BCUT2D eigenvalue weighted by atomic mass is 16.5. The number of methoxy groups -OCH3 is 2. The molecule has 7 heteroatoms. The Morgan fingerprint density at radius 3 is 1.89 bits per heavy atom. The summed E-state index contributed by atoms with van der Waals surface area (Å²) >= 11 is 0. The van der Waals surface area contributed by atoms with Crippen LogP contribution in [0.1, 0.15) is 27.5 Å². The summed E-state index contributed by atoms with van der Waals surface area (Å²) in [4.78, 5) is 32.2. The lowest BCUT2D eigenvalue weighted by molar-refractivity contribution is -0.133. The summed E-state index contributed by atoms with van der Waals surface area (Å²) in [5, 5.41) is 0. The SMILES string of the molecule is COc1ccc(C(=O)N2CCN(CC(=O)N(C)C(c3ccccc3)c3ccccc3)CC2)cc1OC. The smallest absolute Gasteiger partial charge is 0.254 e. The molecule has 0 aliphatic carbocycles. The van der Waals surface area contributed by atoms with Crippen LogP contribution >= 0.6 is 0 Å². The van der Waals surface area contributed by atoms with E-state index < -0.39 is 0 Å². The third kappa shape index (κ3) is 5.69. The maximum atomic E-state index is 13.3. The van der Waals surface area contributed by atoms with Gasteiger partial charge in [0.05, 0.1) is 26.8 Å². The molecule has 0 spiro atoms. The number of hydrogen-bond acceptors (Lipinski definition) is 5. The van der Waals surface area contributed by atoms with Crippen LogP contribution in [0.2, 0.25) is 0 Å². The molecule has 3 aromatic rings. The first-order chi connectivity index (χ1) is 17.5. The monoisotopic (exact) mass is 487 g/mol. The molecule has 7 nitrogen and oxygen atoms in total. The summed E-state index contributed by atoms with van der Waals surface area (Å²) in [6, 6.07) is 25.2. The normalized spacial score (nSPS) is 13.9. The van der Waals surface area contributed by atoms with Gasteiger partial charge in [0, 0.05) is 38.8 Å². The molecule has 2 amide bonds. The van der Waals surface area contributed by atoms with E-state index in [1.807, 2.05) is 53.2 Å². The van der Waals surface area contributed by atoms with Gasteiger partial charge in [-0.15, -0.1) is 0 Å². The minimum atomic E-state index is -0.159. The van der Waals surface area contributed by atoms with Crippen molar-refractivity contribution in [2.24, 2.45) is 0 Å². The van der Waals surface area contributed by atoms with Gasteiger partial charge in [-0.3, -0.25) is 14.5 Å². The first kappa shape index (κ1) is 25.3. The molecule has 1 saturated heterocycles. The van der Waals surface area contributed by atoms with E-state index in [4.69, 9.17) is 9.47 Å². The summed E-state index contributed by atoms with van der Waals surface area (Å²) in [6.45, 7) is 2.71. The van der Waals surface area contributed by atoms with Gasteiger partial charge in [-0.1, -0.05) is 60.7 Å². The van der Waals surface area contributed by atoms with Crippen molar-refractivity contribution in [3.05, 3.63) is 95.6 Å². The van der Waals surface area contributed by atoms with Crippen molar-refractivity contribution >= 4 is 11.8 Å². The minimum Gasteiger partial charge on any atom is -0.493 e. The van der Waals surface area contributed by atoms with Crippen LogP contribution in [0.4, 0.5) is 0 Å². The Morgan fingerprint density at radius 2 is 1.36 bits per heavy atom. The van der Waals surface area contributed by atoms with Crippen molar-refractivity contribution in [3.8, 4) is 11.5 Å². The summed E-state index contributed by atoms with van der Waals surface area (Å²) in [7, 11) is 4.99. The first-order valence-corrected chi connectivity index (χ1v) is 12.1. The van der Waals surface area contributed by atoms with Crippen LogP contribution in [0, 0.1) is 0 Å². The molecular weight excluding hydrogens is 454 g/mol. The first-order valence-electron chi connectivity index (χ1n) is 12.1. The number of carbonyl (C=O) groups is 2. The second kappa shape index (κ2) is 11.7. The summed E-state index contributed by atoms with van der Waals surface area (Å²) in [5.74, 6) is 1.12. The topological polar surface area (TPSA) is 62.3 Å². The Kier molecular flexibility index (Phi) is 8.23. The van der Waals surface area contributed by atoms with Crippen LogP contribution in [-0.4, -0.2) is 80.5 Å². The third-order valence-corrected chi connectivity index (χ3v) is 6.66. The molecule has 0 N–H and O–H groups in total. The highest BCUT2D eigenvalue weighted by molar-refractivity contribution is 5.95. The standard InChI is InChI=1S/C29H33N3O4/c1-30(28(22-10-6-4-7-11-22)23-12-8-5-9-13-23)27(33)21-31-16-18-32(19-17-31)29(34)24-14-15-25(35-2)26(20-24)36-3/h4-15,20,28H,16-19,21H2,1-3H3. The number of carbonyl (C=O) groups excluding carboxylic acids is 2. The van der Waals surface area contributed by atoms with Crippen LogP contribution < -0.4 is 9.47 Å². The average Bonchev–Trinajstić information content (AvgIpc) is 2.94. The molecule has 0 bridgehead atoms. The fraction of sp³-hybridized carbons (Fsp3) is 0.310. The number of hydrogen-bond donors (Lipinski definition) is 0. The van der Waals surface area contributed by atoms with Gasteiger partial charge in [0.25, 0.3) is 5.91 Å². The van der Waals surface area contributed by atoms with E-state index in [0.29, 0.717) is 49.8 Å². The summed E-state index contributed by atoms with van der Waals surface area (Å²) in [5.41, 5.74) is 2.71. The van der Waals surface area contributed by atoms with Gasteiger partial charge in [-0.05, 0) is 29.3 Å². The van der Waals surface area contributed by atoms with Crippen molar-refractivity contribution < 1.29 is 19.1 Å². The van der Waals surface area contributed by atoms with Crippen molar-refractivity contribution in [1.82, 2.24) is 14.7 Å². The molecule has 36 heavy (non-hydrogen) atoms. The summed E-state index contributed by atoms with van der Waals surface area (Å²) < 4.78 is 10.6. The van der Waals surface area contributed by atoms with Crippen LogP contribution in [0.5, 0.6) is 11.5 Å². The minimum absolute atomic E-state index is 0.0485. The van der Waals surface area contributed by atoms with Gasteiger partial charge in [0.15, 0.2) is 11.5 Å². The van der Waals surface area contributed by atoms with Gasteiger partial charge in [0.1, 0.15) is 0 Å². The number of rotatable bonds is 8. The van der Waals surface area contributed by atoms with Gasteiger partial charge < -0.3 is 19.3 Å². The molecule has 0 radical (unpaired) electrons. The lowest BCUT2D eigenvalue weighted by Crippen LogP contribution is -2.51. The zero-order valence-corrected chi connectivity index (χ0v) is 21.1.